The van der Waals surface area contributed by atoms with Crippen molar-refractivity contribution in [2.75, 3.05) is 11.1 Å². The molecule has 7 heteroatoms. The first-order valence-corrected chi connectivity index (χ1v) is 7.97. The summed E-state index contributed by atoms with van der Waals surface area (Å²) >= 11 is 1.30. The van der Waals surface area contributed by atoms with E-state index >= 15 is 0 Å². The molecule has 2 aromatic carbocycles. The van der Waals surface area contributed by atoms with Crippen LogP contribution >= 0.6 is 11.8 Å². The number of aromatic nitrogens is 3. The molecule has 0 aliphatic carbocycles. The first-order valence-electron chi connectivity index (χ1n) is 6.99. The highest BCUT2D eigenvalue weighted by molar-refractivity contribution is 7.99. The van der Waals surface area contributed by atoms with Crippen LogP contribution in [0.3, 0.4) is 0 Å². The van der Waals surface area contributed by atoms with E-state index in [-0.39, 0.29) is 11.7 Å². The Morgan fingerprint density at radius 2 is 2.04 bits per heavy atom. The fourth-order valence-corrected chi connectivity index (χ4v) is 2.98. The molecule has 0 atom stereocenters. The Labute approximate surface area is 135 Å². The summed E-state index contributed by atoms with van der Waals surface area (Å²) in [6.07, 6.45) is 1.41. The van der Waals surface area contributed by atoms with Crippen LogP contribution in [0.2, 0.25) is 0 Å². The number of anilines is 1. The van der Waals surface area contributed by atoms with E-state index in [2.05, 4.69) is 20.5 Å². The van der Waals surface area contributed by atoms with Crippen molar-refractivity contribution in [1.29, 1.82) is 0 Å². The van der Waals surface area contributed by atoms with Crippen molar-refractivity contribution in [2.24, 2.45) is 0 Å². The third-order valence-corrected chi connectivity index (χ3v) is 4.27. The molecule has 0 aliphatic rings. The molecule has 0 radical (unpaired) electrons. The normalized spacial score (nSPS) is 11.1. The quantitative estimate of drug-likeness (QED) is 0.562. The average Bonchev–Trinajstić information content (AvgIpc) is 3.20. The second-order valence-electron chi connectivity index (χ2n) is 4.94. The highest BCUT2D eigenvalue weighted by Crippen LogP contribution is 2.30. The van der Waals surface area contributed by atoms with Gasteiger partial charge in [0.25, 0.3) is 0 Å². The summed E-state index contributed by atoms with van der Waals surface area (Å²) in [5, 5.41) is 12.0. The molecule has 0 spiro atoms. The van der Waals surface area contributed by atoms with Crippen molar-refractivity contribution in [3.8, 4) is 0 Å². The molecular formula is C16H12N4O2S. The highest BCUT2D eigenvalue weighted by atomic mass is 32.2. The average molecular weight is 324 g/mol. The zero-order chi connectivity index (χ0) is 15.6. The van der Waals surface area contributed by atoms with Gasteiger partial charge in [-0.1, -0.05) is 30.0 Å². The SMILES string of the molecule is O=C(CSc1ncn[nH]1)Nc1ccc2oc3ccccc3c2c1. The Morgan fingerprint density at radius 1 is 1.17 bits per heavy atom. The first-order chi connectivity index (χ1) is 11.3. The van der Waals surface area contributed by atoms with Gasteiger partial charge in [-0.3, -0.25) is 9.89 Å². The molecule has 0 bridgehead atoms. The van der Waals surface area contributed by atoms with E-state index in [1.807, 2.05) is 42.5 Å². The number of nitrogens with one attached hydrogen (secondary N) is 2. The van der Waals surface area contributed by atoms with E-state index in [9.17, 15) is 4.79 Å². The van der Waals surface area contributed by atoms with Crippen molar-refractivity contribution in [3.63, 3.8) is 0 Å². The largest absolute Gasteiger partial charge is 0.456 e. The van der Waals surface area contributed by atoms with Crippen LogP contribution in [-0.4, -0.2) is 26.8 Å². The molecule has 0 saturated carbocycles. The minimum atomic E-state index is -0.0986. The van der Waals surface area contributed by atoms with E-state index in [1.165, 1.54) is 18.1 Å². The van der Waals surface area contributed by atoms with Gasteiger partial charge in [0, 0.05) is 16.5 Å². The molecule has 2 aromatic heterocycles. The van der Waals surface area contributed by atoms with Crippen LogP contribution in [0.25, 0.3) is 21.9 Å². The maximum atomic E-state index is 12.0. The van der Waals surface area contributed by atoms with Gasteiger partial charge < -0.3 is 9.73 Å². The van der Waals surface area contributed by atoms with Crippen LogP contribution in [0.15, 0.2) is 58.4 Å². The first kappa shape index (κ1) is 13.8. The molecule has 2 heterocycles. The maximum absolute atomic E-state index is 12.0. The minimum Gasteiger partial charge on any atom is -0.456 e. The van der Waals surface area contributed by atoms with Crippen molar-refractivity contribution < 1.29 is 9.21 Å². The molecule has 0 fully saturated rings. The number of hydrogen-bond donors (Lipinski definition) is 2. The zero-order valence-electron chi connectivity index (χ0n) is 11.9. The Bertz CT molecular complexity index is 978. The minimum absolute atomic E-state index is 0.0986. The molecule has 4 aromatic rings. The number of thioether (sulfide) groups is 1. The smallest absolute Gasteiger partial charge is 0.234 e. The van der Waals surface area contributed by atoms with Gasteiger partial charge in [-0.25, -0.2) is 4.98 Å². The monoisotopic (exact) mass is 324 g/mol. The van der Waals surface area contributed by atoms with Crippen LogP contribution < -0.4 is 5.32 Å². The van der Waals surface area contributed by atoms with E-state index in [1.54, 1.807) is 0 Å². The lowest BCUT2D eigenvalue weighted by Gasteiger charge is -2.04. The zero-order valence-corrected chi connectivity index (χ0v) is 12.8. The molecule has 1 amide bonds. The van der Waals surface area contributed by atoms with Gasteiger partial charge in [-0.15, -0.1) is 0 Å². The fraction of sp³-hybridized carbons (Fsp3) is 0.0625. The number of carbonyl (C=O) groups is 1. The molecular weight excluding hydrogens is 312 g/mol. The van der Waals surface area contributed by atoms with Gasteiger partial charge in [-0.05, 0) is 24.3 Å². The van der Waals surface area contributed by atoms with Gasteiger partial charge in [0.2, 0.25) is 5.91 Å². The lowest BCUT2D eigenvalue weighted by atomic mass is 10.1. The summed E-state index contributed by atoms with van der Waals surface area (Å²) in [6, 6.07) is 13.5. The summed E-state index contributed by atoms with van der Waals surface area (Å²) in [4.78, 5) is 16.0. The predicted octanol–water partition coefficient (Wildman–Crippen LogP) is 3.43. The van der Waals surface area contributed by atoms with Crippen molar-refractivity contribution in [1.82, 2.24) is 15.2 Å². The van der Waals surface area contributed by atoms with E-state index in [0.29, 0.717) is 5.16 Å². The second-order valence-corrected chi connectivity index (χ2v) is 5.90. The van der Waals surface area contributed by atoms with E-state index in [4.69, 9.17) is 4.42 Å². The Morgan fingerprint density at radius 3 is 2.91 bits per heavy atom. The number of hydrogen-bond acceptors (Lipinski definition) is 5. The van der Waals surface area contributed by atoms with Crippen LogP contribution in [0, 0.1) is 0 Å². The maximum Gasteiger partial charge on any atom is 0.234 e. The van der Waals surface area contributed by atoms with Gasteiger partial charge in [0.05, 0.1) is 5.75 Å². The third-order valence-electron chi connectivity index (χ3n) is 3.39. The Kier molecular flexibility index (Phi) is 3.47. The lowest BCUT2D eigenvalue weighted by molar-refractivity contribution is -0.113. The molecule has 0 saturated heterocycles. The predicted molar refractivity (Wildman–Crippen MR) is 89.5 cm³/mol. The van der Waals surface area contributed by atoms with Crippen molar-refractivity contribution in [3.05, 3.63) is 48.8 Å². The van der Waals surface area contributed by atoms with Gasteiger partial charge in [-0.2, -0.15) is 5.10 Å². The fourth-order valence-electron chi connectivity index (χ4n) is 2.40. The van der Waals surface area contributed by atoms with Gasteiger partial charge >= 0.3 is 0 Å². The van der Waals surface area contributed by atoms with E-state index < -0.39 is 0 Å². The van der Waals surface area contributed by atoms with Crippen molar-refractivity contribution >= 4 is 45.3 Å². The number of rotatable bonds is 4. The number of amides is 1. The topological polar surface area (TPSA) is 83.8 Å². The number of furan rings is 1. The molecule has 0 aliphatic heterocycles. The standard InChI is InChI=1S/C16H12N4O2S/c21-15(8-23-16-17-9-18-20-16)19-10-5-6-14-12(7-10)11-3-1-2-4-13(11)22-14/h1-7,9H,8H2,(H,19,21)(H,17,18,20). The Balaban J connectivity index is 1.54. The number of aromatic amines is 1. The number of benzene rings is 2. The van der Waals surface area contributed by atoms with Crippen molar-refractivity contribution in [2.45, 2.75) is 5.16 Å². The molecule has 23 heavy (non-hydrogen) atoms. The Hall–Kier alpha value is -2.80. The summed E-state index contributed by atoms with van der Waals surface area (Å²) < 4.78 is 5.77. The number of carbonyl (C=O) groups excluding carboxylic acids is 1. The number of fused-ring (bicyclic) bond motifs is 3. The molecule has 0 unspecified atom stereocenters. The summed E-state index contributed by atoms with van der Waals surface area (Å²) in [5.74, 6) is 0.165. The molecule has 2 N–H and O–H groups in total. The summed E-state index contributed by atoms with van der Waals surface area (Å²) in [6.45, 7) is 0. The summed E-state index contributed by atoms with van der Waals surface area (Å²) in [5.41, 5.74) is 2.39. The molecule has 6 nitrogen and oxygen atoms in total. The summed E-state index contributed by atoms with van der Waals surface area (Å²) in [7, 11) is 0. The number of nitrogens with zero attached hydrogens (tertiary/aromatic N) is 2. The lowest BCUT2D eigenvalue weighted by Crippen LogP contribution is -2.14. The van der Waals surface area contributed by atoms with Crippen LogP contribution in [0.5, 0.6) is 0 Å². The van der Waals surface area contributed by atoms with E-state index in [0.717, 1.165) is 27.6 Å². The number of para-hydroxylation sites is 1. The number of H-pyrrole nitrogens is 1. The van der Waals surface area contributed by atoms with Gasteiger partial charge in [0.15, 0.2) is 5.16 Å². The second kappa shape index (κ2) is 5.77. The van der Waals surface area contributed by atoms with Crippen LogP contribution in [0.4, 0.5) is 5.69 Å². The molecule has 114 valence electrons. The van der Waals surface area contributed by atoms with Crippen LogP contribution in [0.1, 0.15) is 0 Å². The third kappa shape index (κ3) is 2.78. The van der Waals surface area contributed by atoms with Crippen LogP contribution in [-0.2, 0) is 4.79 Å². The highest BCUT2D eigenvalue weighted by Gasteiger charge is 2.09. The van der Waals surface area contributed by atoms with Gasteiger partial charge in [0.1, 0.15) is 17.5 Å². The molecule has 4 rings (SSSR count).